The molecule has 4 nitrogen and oxygen atoms in total. The third-order valence-electron chi connectivity index (χ3n) is 3.80. The summed E-state index contributed by atoms with van der Waals surface area (Å²) in [5.74, 6) is 1.86. The molecule has 1 fully saturated rings. The van der Waals surface area contributed by atoms with Gasteiger partial charge < -0.3 is 9.64 Å². The second kappa shape index (κ2) is 7.51. The Kier molecular flexibility index (Phi) is 5.18. The summed E-state index contributed by atoms with van der Waals surface area (Å²) < 4.78 is 5.93. The third-order valence-corrected chi connectivity index (χ3v) is 4.76. The van der Waals surface area contributed by atoms with Crippen molar-refractivity contribution in [2.75, 3.05) is 18.8 Å². The number of hydrogen-bond acceptors (Lipinski definition) is 4. The minimum atomic E-state index is 0.0485. The number of amides is 1. The Bertz CT molecular complexity index is 663. The normalized spacial score (nSPS) is 17.3. The first kappa shape index (κ1) is 15.9. The first-order valence-electron chi connectivity index (χ1n) is 7.85. The predicted molar refractivity (Wildman–Crippen MR) is 92.0 cm³/mol. The smallest absolute Gasteiger partial charge is 0.255 e. The van der Waals surface area contributed by atoms with Gasteiger partial charge in [0.1, 0.15) is 11.9 Å². The molecule has 0 saturated carbocycles. The molecule has 5 heteroatoms. The average Bonchev–Trinajstić information content (AvgIpc) is 3.04. The lowest BCUT2D eigenvalue weighted by Crippen LogP contribution is -2.31. The summed E-state index contributed by atoms with van der Waals surface area (Å²) in [6.07, 6.45) is 4.33. The molecule has 3 rings (SSSR count). The standard InChI is InChI=1S/C18H20N2O2S/c1-2-23-17-6-4-3-5-16(17)18(21)20-12-9-15(13-20)22-14-7-10-19-11-8-14/h3-8,10-11,15H,2,9,12-13H2,1H3/t15-/m0/s1. The summed E-state index contributed by atoms with van der Waals surface area (Å²) in [4.78, 5) is 19.7. The van der Waals surface area contributed by atoms with Gasteiger partial charge in [0, 0.05) is 30.3 Å². The van der Waals surface area contributed by atoms with E-state index in [0.29, 0.717) is 6.54 Å². The predicted octanol–water partition coefficient (Wildman–Crippen LogP) is 3.49. The Morgan fingerprint density at radius 3 is 2.87 bits per heavy atom. The summed E-state index contributed by atoms with van der Waals surface area (Å²) in [6, 6.07) is 11.5. The van der Waals surface area contributed by atoms with E-state index in [1.54, 1.807) is 24.2 Å². The zero-order chi connectivity index (χ0) is 16.1. The fourth-order valence-electron chi connectivity index (χ4n) is 2.71. The molecule has 1 aromatic heterocycles. The molecule has 0 bridgehead atoms. The van der Waals surface area contributed by atoms with Gasteiger partial charge in [0.05, 0.1) is 12.1 Å². The van der Waals surface area contributed by atoms with Gasteiger partial charge in [-0.3, -0.25) is 9.78 Å². The minimum absolute atomic E-state index is 0.0485. The van der Waals surface area contributed by atoms with Crippen molar-refractivity contribution in [3.63, 3.8) is 0 Å². The van der Waals surface area contributed by atoms with Gasteiger partial charge in [-0.05, 0) is 30.0 Å². The minimum Gasteiger partial charge on any atom is -0.488 e. The average molecular weight is 328 g/mol. The maximum absolute atomic E-state index is 12.8. The Morgan fingerprint density at radius 1 is 1.30 bits per heavy atom. The molecule has 2 heterocycles. The van der Waals surface area contributed by atoms with Gasteiger partial charge in [0.2, 0.25) is 0 Å². The maximum Gasteiger partial charge on any atom is 0.255 e. The van der Waals surface area contributed by atoms with Crippen LogP contribution in [0.25, 0.3) is 0 Å². The summed E-state index contributed by atoms with van der Waals surface area (Å²) in [7, 11) is 0. The first-order chi connectivity index (χ1) is 11.3. The number of nitrogens with zero attached hydrogens (tertiary/aromatic N) is 2. The highest BCUT2D eigenvalue weighted by Crippen LogP contribution is 2.25. The van der Waals surface area contributed by atoms with Gasteiger partial charge in [-0.25, -0.2) is 0 Å². The molecule has 120 valence electrons. The van der Waals surface area contributed by atoms with Crippen molar-refractivity contribution >= 4 is 17.7 Å². The van der Waals surface area contributed by atoms with Crippen molar-refractivity contribution in [3.8, 4) is 5.75 Å². The van der Waals surface area contributed by atoms with Gasteiger partial charge in [0.25, 0.3) is 5.91 Å². The van der Waals surface area contributed by atoms with Crippen LogP contribution >= 0.6 is 11.8 Å². The fourth-order valence-corrected chi connectivity index (χ4v) is 3.51. The van der Waals surface area contributed by atoms with Crippen LogP contribution in [0.5, 0.6) is 5.75 Å². The number of ether oxygens (including phenoxy) is 1. The van der Waals surface area contributed by atoms with E-state index in [1.807, 2.05) is 41.3 Å². The van der Waals surface area contributed by atoms with Crippen LogP contribution in [-0.2, 0) is 0 Å². The van der Waals surface area contributed by atoms with E-state index in [2.05, 4.69) is 11.9 Å². The van der Waals surface area contributed by atoms with Crippen molar-refractivity contribution in [2.24, 2.45) is 0 Å². The molecule has 2 aromatic rings. The van der Waals surface area contributed by atoms with Crippen LogP contribution in [0.3, 0.4) is 0 Å². The van der Waals surface area contributed by atoms with Gasteiger partial charge in [0.15, 0.2) is 0 Å². The number of carbonyl (C=O) groups is 1. The summed E-state index contributed by atoms with van der Waals surface area (Å²) in [6.45, 7) is 3.46. The quantitative estimate of drug-likeness (QED) is 0.788. The van der Waals surface area contributed by atoms with Crippen LogP contribution in [0.2, 0.25) is 0 Å². The molecule has 1 atom stereocenters. The second-order valence-electron chi connectivity index (χ2n) is 5.39. The largest absolute Gasteiger partial charge is 0.488 e. The van der Waals surface area contributed by atoms with Gasteiger partial charge in [-0.15, -0.1) is 11.8 Å². The Labute approximate surface area is 140 Å². The zero-order valence-corrected chi connectivity index (χ0v) is 14.0. The third kappa shape index (κ3) is 3.85. The summed E-state index contributed by atoms with van der Waals surface area (Å²) in [5.41, 5.74) is 0.795. The Hall–Kier alpha value is -2.01. The molecule has 1 aromatic carbocycles. The summed E-state index contributed by atoms with van der Waals surface area (Å²) in [5, 5.41) is 0. The SMILES string of the molecule is CCSc1ccccc1C(=O)N1CC[C@H](Oc2ccncc2)C1. The molecule has 1 aliphatic heterocycles. The molecule has 23 heavy (non-hydrogen) atoms. The summed E-state index contributed by atoms with van der Waals surface area (Å²) >= 11 is 1.71. The number of aromatic nitrogens is 1. The zero-order valence-electron chi connectivity index (χ0n) is 13.1. The number of pyridine rings is 1. The molecule has 0 N–H and O–H groups in total. The van der Waals surface area contributed by atoms with Crippen molar-refractivity contribution < 1.29 is 9.53 Å². The fraction of sp³-hybridized carbons (Fsp3) is 0.333. The van der Waals surface area contributed by atoms with E-state index < -0.39 is 0 Å². The van der Waals surface area contributed by atoms with Crippen molar-refractivity contribution in [1.29, 1.82) is 0 Å². The molecule has 1 aliphatic rings. The van der Waals surface area contributed by atoms with E-state index in [0.717, 1.165) is 34.9 Å². The number of carbonyl (C=O) groups excluding carboxylic acids is 1. The molecular weight excluding hydrogens is 308 g/mol. The van der Waals surface area contributed by atoms with E-state index in [4.69, 9.17) is 4.74 Å². The van der Waals surface area contributed by atoms with Crippen LogP contribution in [0, 0.1) is 0 Å². The van der Waals surface area contributed by atoms with E-state index in [9.17, 15) is 4.79 Å². The molecule has 0 spiro atoms. The highest BCUT2D eigenvalue weighted by Gasteiger charge is 2.29. The molecule has 0 unspecified atom stereocenters. The van der Waals surface area contributed by atoms with Crippen molar-refractivity contribution in [1.82, 2.24) is 9.88 Å². The van der Waals surface area contributed by atoms with Crippen LogP contribution in [0.4, 0.5) is 0 Å². The Balaban J connectivity index is 1.66. The van der Waals surface area contributed by atoms with Crippen molar-refractivity contribution in [2.45, 2.75) is 24.3 Å². The molecule has 0 radical (unpaired) electrons. The lowest BCUT2D eigenvalue weighted by atomic mass is 10.2. The van der Waals surface area contributed by atoms with Gasteiger partial charge >= 0.3 is 0 Å². The van der Waals surface area contributed by atoms with Crippen LogP contribution < -0.4 is 4.74 Å². The lowest BCUT2D eigenvalue weighted by Gasteiger charge is -2.18. The second-order valence-corrected chi connectivity index (χ2v) is 6.70. The number of benzene rings is 1. The number of likely N-dealkylation sites (tertiary alicyclic amines) is 1. The topological polar surface area (TPSA) is 42.4 Å². The molecule has 0 aliphatic carbocycles. The van der Waals surface area contributed by atoms with Crippen LogP contribution in [0.15, 0.2) is 53.7 Å². The van der Waals surface area contributed by atoms with E-state index >= 15 is 0 Å². The Morgan fingerprint density at radius 2 is 2.09 bits per heavy atom. The number of thioether (sulfide) groups is 1. The first-order valence-corrected chi connectivity index (χ1v) is 8.84. The van der Waals surface area contributed by atoms with Crippen LogP contribution in [0.1, 0.15) is 23.7 Å². The lowest BCUT2D eigenvalue weighted by molar-refractivity contribution is 0.0769. The molecule has 1 amide bonds. The van der Waals surface area contributed by atoms with E-state index in [-0.39, 0.29) is 12.0 Å². The van der Waals surface area contributed by atoms with E-state index in [1.165, 1.54) is 0 Å². The van der Waals surface area contributed by atoms with Gasteiger partial charge in [-0.2, -0.15) is 0 Å². The number of hydrogen-bond donors (Lipinski definition) is 0. The van der Waals surface area contributed by atoms with Crippen LogP contribution in [-0.4, -0.2) is 40.7 Å². The monoisotopic (exact) mass is 328 g/mol. The molecule has 1 saturated heterocycles. The highest BCUT2D eigenvalue weighted by molar-refractivity contribution is 7.99. The molecular formula is C18H20N2O2S. The highest BCUT2D eigenvalue weighted by atomic mass is 32.2. The van der Waals surface area contributed by atoms with Gasteiger partial charge in [-0.1, -0.05) is 19.1 Å². The number of rotatable bonds is 5. The maximum atomic E-state index is 12.8. The van der Waals surface area contributed by atoms with Crippen molar-refractivity contribution in [3.05, 3.63) is 54.4 Å².